The number of nitrogens with zero attached hydrogens (tertiary/aromatic N) is 1. The van der Waals surface area contributed by atoms with Crippen molar-refractivity contribution < 1.29 is 14.7 Å². The highest BCUT2D eigenvalue weighted by molar-refractivity contribution is 7.98. The number of urea groups is 1. The molecule has 0 fully saturated rings. The van der Waals surface area contributed by atoms with E-state index in [9.17, 15) is 9.59 Å². The lowest BCUT2D eigenvalue weighted by Crippen LogP contribution is -2.33. The predicted octanol–water partition coefficient (Wildman–Crippen LogP) is 2.21. The summed E-state index contributed by atoms with van der Waals surface area (Å²) in [5.41, 5.74) is 0.398. The van der Waals surface area contributed by atoms with Crippen LogP contribution in [0.3, 0.4) is 0 Å². The lowest BCUT2D eigenvalue weighted by atomic mass is 10.2. The van der Waals surface area contributed by atoms with Crippen LogP contribution in [-0.4, -0.2) is 47.6 Å². The molecule has 1 aromatic rings. The molecule has 0 bridgehead atoms. The molecule has 0 radical (unpaired) electrons. The van der Waals surface area contributed by atoms with E-state index in [2.05, 4.69) is 5.32 Å². The van der Waals surface area contributed by atoms with Gasteiger partial charge in [-0.2, -0.15) is 11.8 Å². The fourth-order valence-electron chi connectivity index (χ4n) is 1.32. The molecule has 0 spiro atoms. The van der Waals surface area contributed by atoms with Crippen molar-refractivity contribution in [3.8, 4) is 0 Å². The van der Waals surface area contributed by atoms with Gasteiger partial charge in [-0.1, -0.05) is 12.1 Å². The molecule has 0 unspecified atom stereocenters. The normalized spacial score (nSPS) is 9.89. The van der Waals surface area contributed by atoms with Gasteiger partial charge in [0.2, 0.25) is 0 Å². The van der Waals surface area contributed by atoms with Gasteiger partial charge >= 0.3 is 12.0 Å². The highest BCUT2D eigenvalue weighted by Crippen LogP contribution is 2.15. The molecule has 5 nitrogen and oxygen atoms in total. The smallest absolute Gasteiger partial charge is 0.337 e. The van der Waals surface area contributed by atoms with Crippen LogP contribution in [0.5, 0.6) is 0 Å². The molecule has 0 saturated carbocycles. The first-order valence-corrected chi connectivity index (χ1v) is 6.79. The summed E-state index contributed by atoms with van der Waals surface area (Å²) in [5.74, 6) is -0.220. The van der Waals surface area contributed by atoms with Crippen LogP contribution in [0.1, 0.15) is 10.4 Å². The molecule has 6 heteroatoms. The Morgan fingerprint density at radius 1 is 1.39 bits per heavy atom. The number of hydrogen-bond donors (Lipinski definition) is 2. The van der Waals surface area contributed by atoms with Crippen LogP contribution in [0, 0.1) is 0 Å². The highest BCUT2D eigenvalue weighted by Gasteiger charge is 2.13. The number of rotatable bonds is 5. The van der Waals surface area contributed by atoms with Gasteiger partial charge in [-0.25, -0.2) is 9.59 Å². The number of nitrogens with one attached hydrogen (secondary N) is 1. The van der Waals surface area contributed by atoms with Gasteiger partial charge in [0.25, 0.3) is 0 Å². The number of carbonyl (C=O) groups excluding carboxylic acids is 1. The summed E-state index contributed by atoms with van der Waals surface area (Å²) in [5, 5.41) is 11.6. The summed E-state index contributed by atoms with van der Waals surface area (Å²) in [6.07, 6.45) is 1.96. The van der Waals surface area contributed by atoms with Crippen LogP contribution < -0.4 is 5.32 Å². The number of anilines is 1. The third kappa shape index (κ3) is 3.96. The Labute approximate surface area is 110 Å². The lowest BCUT2D eigenvalue weighted by Gasteiger charge is -2.18. The first-order valence-electron chi connectivity index (χ1n) is 5.39. The second kappa shape index (κ2) is 6.90. The number of carboxylic acid groups (broad SMARTS) is 1. The molecule has 2 amide bonds. The standard InChI is InChI=1S/C12H16N2O3S/c1-14(7-8-18-2)12(17)13-10-6-4-3-5-9(10)11(15)16/h3-6H,7-8H2,1-2H3,(H,13,17)(H,15,16). The van der Waals surface area contributed by atoms with Crippen LogP contribution in [0.15, 0.2) is 24.3 Å². The minimum absolute atomic E-state index is 0.0871. The van der Waals surface area contributed by atoms with Crippen LogP contribution in [-0.2, 0) is 0 Å². The SMILES string of the molecule is CSCCN(C)C(=O)Nc1ccccc1C(=O)O. The van der Waals surface area contributed by atoms with E-state index in [1.54, 1.807) is 37.0 Å². The Morgan fingerprint density at radius 2 is 2.06 bits per heavy atom. The van der Waals surface area contributed by atoms with E-state index in [1.807, 2.05) is 6.26 Å². The molecular weight excluding hydrogens is 252 g/mol. The molecule has 2 N–H and O–H groups in total. The van der Waals surface area contributed by atoms with Gasteiger partial charge in [0.05, 0.1) is 11.3 Å². The summed E-state index contributed by atoms with van der Waals surface area (Å²) in [6.45, 7) is 0.613. The molecular formula is C12H16N2O3S. The maximum absolute atomic E-state index is 11.8. The second-order valence-corrected chi connectivity index (χ2v) is 4.68. The van der Waals surface area contributed by atoms with E-state index < -0.39 is 5.97 Å². The average Bonchev–Trinajstić information content (AvgIpc) is 2.36. The Bertz CT molecular complexity index is 437. The maximum Gasteiger partial charge on any atom is 0.337 e. The zero-order valence-electron chi connectivity index (χ0n) is 10.3. The number of benzene rings is 1. The Hall–Kier alpha value is -1.69. The summed E-state index contributed by atoms with van der Waals surface area (Å²) in [7, 11) is 1.68. The third-order valence-electron chi connectivity index (χ3n) is 2.38. The fraction of sp³-hybridized carbons (Fsp3) is 0.333. The Morgan fingerprint density at radius 3 is 2.67 bits per heavy atom. The molecule has 18 heavy (non-hydrogen) atoms. The fourth-order valence-corrected chi connectivity index (χ4v) is 1.78. The van der Waals surface area contributed by atoms with Crippen LogP contribution in [0.4, 0.5) is 10.5 Å². The minimum atomic E-state index is -1.06. The number of carbonyl (C=O) groups is 2. The van der Waals surface area contributed by atoms with Crippen LogP contribution >= 0.6 is 11.8 Å². The summed E-state index contributed by atoms with van der Waals surface area (Å²) < 4.78 is 0. The van der Waals surface area contributed by atoms with E-state index >= 15 is 0 Å². The van der Waals surface area contributed by atoms with Gasteiger partial charge in [0.15, 0.2) is 0 Å². The Kier molecular flexibility index (Phi) is 5.51. The molecule has 0 heterocycles. The molecule has 0 aliphatic rings. The number of carboxylic acids is 1. The first kappa shape index (κ1) is 14.4. The summed E-state index contributed by atoms with van der Waals surface area (Å²) >= 11 is 1.65. The zero-order chi connectivity index (χ0) is 13.5. The van der Waals surface area contributed by atoms with Crippen molar-refractivity contribution in [2.24, 2.45) is 0 Å². The lowest BCUT2D eigenvalue weighted by molar-refractivity contribution is 0.0698. The molecule has 0 aromatic heterocycles. The van der Waals surface area contributed by atoms with Crippen molar-refractivity contribution in [3.63, 3.8) is 0 Å². The van der Waals surface area contributed by atoms with Crippen molar-refractivity contribution >= 4 is 29.4 Å². The van der Waals surface area contributed by atoms with Gasteiger partial charge in [0.1, 0.15) is 0 Å². The third-order valence-corrected chi connectivity index (χ3v) is 2.97. The molecule has 0 aliphatic carbocycles. The van der Waals surface area contributed by atoms with E-state index in [0.29, 0.717) is 12.2 Å². The van der Waals surface area contributed by atoms with Crippen molar-refractivity contribution in [2.45, 2.75) is 0 Å². The monoisotopic (exact) mass is 268 g/mol. The molecule has 0 aliphatic heterocycles. The topological polar surface area (TPSA) is 69.6 Å². The number of para-hydroxylation sites is 1. The molecule has 1 aromatic carbocycles. The highest BCUT2D eigenvalue weighted by atomic mass is 32.2. The van der Waals surface area contributed by atoms with Crippen molar-refractivity contribution in [1.82, 2.24) is 4.90 Å². The van der Waals surface area contributed by atoms with Crippen LogP contribution in [0.25, 0.3) is 0 Å². The van der Waals surface area contributed by atoms with E-state index in [0.717, 1.165) is 5.75 Å². The van der Waals surface area contributed by atoms with Crippen molar-refractivity contribution in [1.29, 1.82) is 0 Å². The molecule has 0 atom stereocenters. The largest absolute Gasteiger partial charge is 0.478 e. The van der Waals surface area contributed by atoms with E-state index in [1.165, 1.54) is 11.0 Å². The van der Waals surface area contributed by atoms with Gasteiger partial charge < -0.3 is 15.3 Å². The number of aromatic carboxylic acids is 1. The summed E-state index contributed by atoms with van der Waals surface area (Å²) in [6, 6.07) is 6.03. The molecule has 0 saturated heterocycles. The van der Waals surface area contributed by atoms with Crippen molar-refractivity contribution in [2.75, 3.05) is 30.9 Å². The van der Waals surface area contributed by atoms with E-state index in [4.69, 9.17) is 5.11 Å². The molecule has 98 valence electrons. The Balaban J connectivity index is 2.72. The van der Waals surface area contributed by atoms with Gasteiger partial charge in [0, 0.05) is 19.3 Å². The quantitative estimate of drug-likeness (QED) is 0.859. The molecule has 1 rings (SSSR count). The van der Waals surface area contributed by atoms with Gasteiger partial charge in [-0.05, 0) is 18.4 Å². The van der Waals surface area contributed by atoms with Gasteiger partial charge in [-0.15, -0.1) is 0 Å². The second-order valence-electron chi connectivity index (χ2n) is 3.70. The number of thioether (sulfide) groups is 1. The first-order chi connectivity index (χ1) is 8.56. The zero-order valence-corrected chi connectivity index (χ0v) is 11.2. The maximum atomic E-state index is 11.8. The summed E-state index contributed by atoms with van der Waals surface area (Å²) in [4.78, 5) is 24.3. The number of amides is 2. The average molecular weight is 268 g/mol. The van der Waals surface area contributed by atoms with Gasteiger partial charge in [-0.3, -0.25) is 0 Å². The predicted molar refractivity (Wildman–Crippen MR) is 73.4 cm³/mol. The van der Waals surface area contributed by atoms with Crippen molar-refractivity contribution in [3.05, 3.63) is 29.8 Å². The minimum Gasteiger partial charge on any atom is -0.478 e. The van der Waals surface area contributed by atoms with Crippen LogP contribution in [0.2, 0.25) is 0 Å². The van der Waals surface area contributed by atoms with E-state index in [-0.39, 0.29) is 11.6 Å². The number of hydrogen-bond acceptors (Lipinski definition) is 3.